The molecule has 0 amide bonds. The van der Waals surface area contributed by atoms with Gasteiger partial charge in [0.2, 0.25) is 0 Å². The summed E-state index contributed by atoms with van der Waals surface area (Å²) in [4.78, 5) is 38.1. The number of hydrogen-bond acceptors (Lipinski definition) is 6. The fraction of sp³-hybridized carbons (Fsp3) is 0.597. The van der Waals surface area contributed by atoms with Crippen molar-refractivity contribution >= 4 is 17.9 Å². The van der Waals surface area contributed by atoms with E-state index >= 15 is 0 Å². The standard InChI is InChI=1S/C67H106O6/c1-4-7-10-13-16-19-22-25-27-28-29-30-31-32-33-34-35-36-37-38-40-42-45-48-51-54-57-60-66(69)72-63-64(62-71-65(68)59-56-53-50-47-44-41-24-21-18-15-12-9-6-3)73-67(70)61-58-55-52-49-46-43-39-26-23-20-17-14-11-8-5-2/h7,9-10,12,16,18-19,21,25-27,29-30,32-33,35-36,38-41,44,50,53,64H,4-6,8,11,13-15,17,20,22-24,28,31,34,37,42-43,45-49,51-52,54-63H2,1-3H3/b10-7-,12-9-,19-16-,21-18-,27-25-,30-29-,33-32-,36-35-,39-26-,40-38-,44-41-,53-50-. The van der Waals surface area contributed by atoms with Crippen LogP contribution < -0.4 is 0 Å². The average molecular weight is 1010 g/mol. The third-order valence-electron chi connectivity index (χ3n) is 11.8. The molecule has 1 unspecified atom stereocenters. The second-order valence-electron chi connectivity index (χ2n) is 18.8. The maximum Gasteiger partial charge on any atom is 0.306 e. The Bertz CT molecular complexity index is 1630. The Morgan fingerprint density at radius 3 is 0.932 bits per heavy atom. The van der Waals surface area contributed by atoms with Gasteiger partial charge in [-0.1, -0.05) is 237 Å². The van der Waals surface area contributed by atoms with Crippen LogP contribution in [0.3, 0.4) is 0 Å². The molecule has 410 valence electrons. The first-order chi connectivity index (χ1) is 36.0. The number of carbonyl (C=O) groups is 3. The van der Waals surface area contributed by atoms with Crippen LogP contribution in [-0.4, -0.2) is 37.2 Å². The largest absolute Gasteiger partial charge is 0.462 e. The van der Waals surface area contributed by atoms with E-state index in [0.29, 0.717) is 19.3 Å². The Morgan fingerprint density at radius 2 is 0.562 bits per heavy atom. The van der Waals surface area contributed by atoms with Crippen molar-refractivity contribution in [1.29, 1.82) is 0 Å². The van der Waals surface area contributed by atoms with E-state index < -0.39 is 6.10 Å². The first-order valence-corrected chi connectivity index (χ1v) is 29.3. The monoisotopic (exact) mass is 1010 g/mol. The summed E-state index contributed by atoms with van der Waals surface area (Å²) in [5.41, 5.74) is 0. The molecule has 0 saturated heterocycles. The maximum absolute atomic E-state index is 12.8. The van der Waals surface area contributed by atoms with Gasteiger partial charge in [0.15, 0.2) is 6.10 Å². The van der Waals surface area contributed by atoms with E-state index in [9.17, 15) is 14.4 Å². The van der Waals surface area contributed by atoms with Gasteiger partial charge in [0.25, 0.3) is 0 Å². The van der Waals surface area contributed by atoms with Crippen LogP contribution in [0.4, 0.5) is 0 Å². The van der Waals surface area contributed by atoms with Gasteiger partial charge in [-0.3, -0.25) is 14.4 Å². The van der Waals surface area contributed by atoms with Crippen molar-refractivity contribution in [2.45, 2.75) is 245 Å². The zero-order valence-corrected chi connectivity index (χ0v) is 46.8. The molecule has 1 atom stereocenters. The minimum Gasteiger partial charge on any atom is -0.462 e. The molecular weight excluding hydrogens is 901 g/mol. The molecule has 6 heteroatoms. The second-order valence-corrected chi connectivity index (χ2v) is 18.8. The van der Waals surface area contributed by atoms with Crippen molar-refractivity contribution in [3.63, 3.8) is 0 Å². The predicted octanol–water partition coefficient (Wildman–Crippen LogP) is 20.0. The molecule has 73 heavy (non-hydrogen) atoms. The minimum absolute atomic E-state index is 0.119. The smallest absolute Gasteiger partial charge is 0.306 e. The third kappa shape index (κ3) is 58.1. The zero-order valence-electron chi connectivity index (χ0n) is 46.8. The highest BCUT2D eigenvalue weighted by molar-refractivity contribution is 5.71. The summed E-state index contributed by atoms with van der Waals surface area (Å²) in [6, 6.07) is 0. The molecule has 0 saturated carbocycles. The quantitative estimate of drug-likeness (QED) is 0.0261. The summed E-state index contributed by atoms with van der Waals surface area (Å²) in [5.74, 6) is -1.04. The molecule has 0 heterocycles. The van der Waals surface area contributed by atoms with Crippen LogP contribution in [-0.2, 0) is 28.6 Å². The molecule has 0 rings (SSSR count). The number of rotatable bonds is 51. The minimum atomic E-state index is -0.826. The molecule has 0 spiro atoms. The number of esters is 3. The van der Waals surface area contributed by atoms with E-state index in [4.69, 9.17) is 14.2 Å². The van der Waals surface area contributed by atoms with E-state index in [1.54, 1.807) is 0 Å². The van der Waals surface area contributed by atoms with Gasteiger partial charge >= 0.3 is 17.9 Å². The van der Waals surface area contributed by atoms with Crippen LogP contribution in [0, 0.1) is 0 Å². The van der Waals surface area contributed by atoms with E-state index in [2.05, 4.69) is 154 Å². The van der Waals surface area contributed by atoms with Crippen molar-refractivity contribution in [1.82, 2.24) is 0 Å². The lowest BCUT2D eigenvalue weighted by Crippen LogP contribution is -2.30. The van der Waals surface area contributed by atoms with Crippen LogP contribution in [0.2, 0.25) is 0 Å². The highest BCUT2D eigenvalue weighted by Gasteiger charge is 2.19. The molecule has 0 aliphatic heterocycles. The fourth-order valence-corrected chi connectivity index (χ4v) is 7.49. The van der Waals surface area contributed by atoms with Crippen molar-refractivity contribution in [3.05, 3.63) is 146 Å². The molecule has 0 aliphatic rings. The number of hydrogen-bond donors (Lipinski definition) is 0. The lowest BCUT2D eigenvalue weighted by atomic mass is 10.1. The van der Waals surface area contributed by atoms with Crippen molar-refractivity contribution in [2.75, 3.05) is 13.2 Å². The van der Waals surface area contributed by atoms with Gasteiger partial charge in [0, 0.05) is 19.3 Å². The average Bonchev–Trinajstić information content (AvgIpc) is 3.39. The van der Waals surface area contributed by atoms with Crippen LogP contribution in [0.1, 0.15) is 239 Å². The highest BCUT2D eigenvalue weighted by atomic mass is 16.6. The molecule has 6 nitrogen and oxygen atoms in total. The van der Waals surface area contributed by atoms with Gasteiger partial charge in [-0.25, -0.2) is 0 Å². The van der Waals surface area contributed by atoms with Crippen molar-refractivity contribution in [3.8, 4) is 0 Å². The van der Waals surface area contributed by atoms with Crippen LogP contribution in [0.5, 0.6) is 0 Å². The highest BCUT2D eigenvalue weighted by Crippen LogP contribution is 2.13. The summed E-state index contributed by atoms with van der Waals surface area (Å²) in [6.07, 6.45) is 85.7. The second kappa shape index (κ2) is 59.8. The van der Waals surface area contributed by atoms with Gasteiger partial charge < -0.3 is 14.2 Å². The van der Waals surface area contributed by atoms with E-state index in [0.717, 1.165) is 141 Å². The first kappa shape index (κ1) is 68.3. The maximum atomic E-state index is 12.8. The van der Waals surface area contributed by atoms with Gasteiger partial charge in [-0.15, -0.1) is 0 Å². The molecule has 0 aromatic carbocycles. The summed E-state index contributed by atoms with van der Waals surface area (Å²) in [6.45, 7) is 6.30. The number of ether oxygens (including phenoxy) is 3. The van der Waals surface area contributed by atoms with Crippen molar-refractivity contribution in [2.24, 2.45) is 0 Å². The Labute approximate surface area is 448 Å². The summed E-state index contributed by atoms with van der Waals surface area (Å²) in [7, 11) is 0. The molecule has 0 N–H and O–H groups in total. The normalized spacial score (nSPS) is 13.2. The molecule has 0 bridgehead atoms. The van der Waals surface area contributed by atoms with Crippen LogP contribution >= 0.6 is 0 Å². The van der Waals surface area contributed by atoms with Gasteiger partial charge in [-0.2, -0.15) is 0 Å². The number of carbonyl (C=O) groups excluding carboxylic acids is 3. The zero-order chi connectivity index (χ0) is 52.9. The van der Waals surface area contributed by atoms with E-state index in [1.165, 1.54) is 51.4 Å². The summed E-state index contributed by atoms with van der Waals surface area (Å²) in [5, 5.41) is 0. The first-order valence-electron chi connectivity index (χ1n) is 29.3. The van der Waals surface area contributed by atoms with Crippen LogP contribution in [0.15, 0.2) is 146 Å². The Morgan fingerprint density at radius 1 is 0.288 bits per heavy atom. The lowest BCUT2D eigenvalue weighted by Gasteiger charge is -2.18. The van der Waals surface area contributed by atoms with Gasteiger partial charge in [0.05, 0.1) is 0 Å². The van der Waals surface area contributed by atoms with Crippen LogP contribution in [0.25, 0.3) is 0 Å². The van der Waals surface area contributed by atoms with Crippen molar-refractivity contribution < 1.29 is 28.6 Å². The van der Waals surface area contributed by atoms with E-state index in [-0.39, 0.29) is 37.5 Å². The molecule has 0 aliphatic carbocycles. The molecule has 0 aromatic rings. The molecule has 0 radical (unpaired) electrons. The van der Waals surface area contributed by atoms with E-state index in [1.807, 2.05) is 12.2 Å². The Balaban J connectivity index is 4.44. The molecule has 0 aromatic heterocycles. The predicted molar refractivity (Wildman–Crippen MR) is 315 cm³/mol. The summed E-state index contributed by atoms with van der Waals surface area (Å²) >= 11 is 0. The topological polar surface area (TPSA) is 78.9 Å². The third-order valence-corrected chi connectivity index (χ3v) is 11.8. The summed E-state index contributed by atoms with van der Waals surface area (Å²) < 4.78 is 16.8. The number of unbranched alkanes of at least 4 members (excludes halogenated alkanes) is 16. The fourth-order valence-electron chi connectivity index (χ4n) is 7.49. The Kier molecular flexibility index (Phi) is 56.0. The lowest BCUT2D eigenvalue weighted by molar-refractivity contribution is -0.166. The molecular formula is C67H106O6. The van der Waals surface area contributed by atoms with Gasteiger partial charge in [0.1, 0.15) is 13.2 Å². The molecule has 0 fully saturated rings. The Hall–Kier alpha value is -4.71. The number of allylic oxidation sites excluding steroid dienone is 24. The van der Waals surface area contributed by atoms with Gasteiger partial charge in [-0.05, 0) is 128 Å². The SMILES string of the molecule is CC/C=C\C/C=C\C/C=C\C/C=C\C/C=C\C/C=C\C/C=C\CCCCCCCC(=O)OCC(COC(=O)CC/C=C\C/C=C\C/C=C\C/C=C\CC)OC(=O)CCCCCCC/C=C\CCCCCCCC.